The van der Waals surface area contributed by atoms with Gasteiger partial charge in [0.25, 0.3) is 0 Å². The Bertz CT molecular complexity index is 881. The van der Waals surface area contributed by atoms with Crippen LogP contribution < -0.4 is 10.6 Å². The van der Waals surface area contributed by atoms with Crippen molar-refractivity contribution in [1.82, 2.24) is 20.4 Å². The zero-order valence-corrected chi connectivity index (χ0v) is 18.9. The Morgan fingerprint density at radius 1 is 1.00 bits per heavy atom. The van der Waals surface area contributed by atoms with E-state index in [-0.39, 0.29) is 23.8 Å². The molecular weight excluding hydrogens is 400 g/mol. The molecule has 6 heteroatoms. The van der Waals surface area contributed by atoms with Crippen LogP contribution in [0.3, 0.4) is 0 Å². The summed E-state index contributed by atoms with van der Waals surface area (Å²) in [4.78, 5) is 29.5. The summed E-state index contributed by atoms with van der Waals surface area (Å²) in [5, 5.41) is 6.81. The lowest BCUT2D eigenvalue weighted by Crippen LogP contribution is -2.58. The fourth-order valence-corrected chi connectivity index (χ4v) is 4.74. The molecule has 32 heavy (non-hydrogen) atoms. The van der Waals surface area contributed by atoms with Gasteiger partial charge in [0.2, 0.25) is 5.91 Å². The van der Waals surface area contributed by atoms with E-state index in [1.165, 1.54) is 5.56 Å². The SMILES string of the molecule is CC(=O)C1CN(C(=O)CNC2CCN(Cc3ccccc3)CC2)C(c2ccccc2)CN1. The van der Waals surface area contributed by atoms with Crippen molar-refractivity contribution in [2.24, 2.45) is 0 Å². The van der Waals surface area contributed by atoms with Gasteiger partial charge in [-0.3, -0.25) is 14.5 Å². The number of hydrogen-bond acceptors (Lipinski definition) is 5. The lowest BCUT2D eigenvalue weighted by atomic mass is 9.99. The van der Waals surface area contributed by atoms with Gasteiger partial charge < -0.3 is 15.5 Å². The van der Waals surface area contributed by atoms with Crippen molar-refractivity contribution >= 4 is 11.7 Å². The van der Waals surface area contributed by atoms with Crippen LogP contribution in [-0.4, -0.2) is 66.3 Å². The highest BCUT2D eigenvalue weighted by atomic mass is 16.2. The number of piperazine rings is 1. The van der Waals surface area contributed by atoms with Crippen LogP contribution in [0.25, 0.3) is 0 Å². The predicted molar refractivity (Wildman–Crippen MR) is 126 cm³/mol. The number of ketones is 1. The Balaban J connectivity index is 1.30. The molecule has 2 aliphatic heterocycles. The van der Waals surface area contributed by atoms with E-state index in [1.54, 1.807) is 6.92 Å². The molecule has 0 aliphatic carbocycles. The van der Waals surface area contributed by atoms with E-state index in [2.05, 4.69) is 58.0 Å². The summed E-state index contributed by atoms with van der Waals surface area (Å²) in [6, 6.07) is 20.7. The lowest BCUT2D eigenvalue weighted by molar-refractivity contribution is -0.136. The number of benzene rings is 2. The van der Waals surface area contributed by atoms with Crippen LogP contribution in [-0.2, 0) is 16.1 Å². The average molecular weight is 435 g/mol. The number of hydrogen-bond donors (Lipinski definition) is 2. The topological polar surface area (TPSA) is 64.7 Å². The van der Waals surface area contributed by atoms with Crippen LogP contribution in [0.5, 0.6) is 0 Å². The predicted octanol–water partition coefficient (Wildman–Crippen LogP) is 2.37. The van der Waals surface area contributed by atoms with Gasteiger partial charge in [0.15, 0.2) is 0 Å². The third-order valence-electron chi connectivity index (χ3n) is 6.69. The van der Waals surface area contributed by atoms with Crippen molar-refractivity contribution in [3.8, 4) is 0 Å². The molecule has 0 radical (unpaired) electrons. The molecule has 2 heterocycles. The molecule has 0 spiro atoms. The number of carbonyl (C=O) groups excluding carboxylic acids is 2. The second-order valence-electron chi connectivity index (χ2n) is 8.96. The van der Waals surface area contributed by atoms with Gasteiger partial charge in [-0.05, 0) is 44.0 Å². The summed E-state index contributed by atoms with van der Waals surface area (Å²) in [6.45, 7) is 5.98. The Hall–Kier alpha value is -2.54. The smallest absolute Gasteiger partial charge is 0.237 e. The van der Waals surface area contributed by atoms with E-state index < -0.39 is 0 Å². The van der Waals surface area contributed by atoms with Crippen molar-refractivity contribution in [2.45, 2.75) is 44.4 Å². The molecule has 0 bridgehead atoms. The summed E-state index contributed by atoms with van der Waals surface area (Å²) >= 11 is 0. The molecule has 2 saturated heterocycles. The monoisotopic (exact) mass is 434 g/mol. The molecule has 2 aliphatic rings. The maximum atomic E-state index is 13.2. The van der Waals surface area contributed by atoms with Gasteiger partial charge in [-0.1, -0.05) is 60.7 Å². The highest BCUT2D eigenvalue weighted by Crippen LogP contribution is 2.24. The highest BCUT2D eigenvalue weighted by molar-refractivity contribution is 5.84. The largest absolute Gasteiger partial charge is 0.331 e. The number of likely N-dealkylation sites (tertiary alicyclic amines) is 1. The fraction of sp³-hybridized carbons (Fsp3) is 0.462. The van der Waals surface area contributed by atoms with E-state index in [1.807, 2.05) is 23.1 Å². The number of rotatable bonds is 7. The Morgan fingerprint density at radius 2 is 1.66 bits per heavy atom. The second kappa shape index (κ2) is 10.9. The van der Waals surface area contributed by atoms with Crippen molar-refractivity contribution in [1.29, 1.82) is 0 Å². The fourth-order valence-electron chi connectivity index (χ4n) is 4.74. The van der Waals surface area contributed by atoms with E-state index in [0.29, 0.717) is 25.7 Å². The first kappa shape index (κ1) is 22.6. The number of Topliss-reactive ketones (excluding diaryl/α,β-unsaturated/α-hetero) is 1. The number of nitrogens with zero attached hydrogens (tertiary/aromatic N) is 2. The first-order valence-corrected chi connectivity index (χ1v) is 11.7. The second-order valence-corrected chi connectivity index (χ2v) is 8.96. The van der Waals surface area contributed by atoms with Crippen LogP contribution in [0.2, 0.25) is 0 Å². The molecule has 2 aromatic carbocycles. The van der Waals surface area contributed by atoms with E-state index >= 15 is 0 Å². The Morgan fingerprint density at radius 3 is 2.31 bits per heavy atom. The maximum Gasteiger partial charge on any atom is 0.237 e. The van der Waals surface area contributed by atoms with Crippen LogP contribution in [0.4, 0.5) is 0 Å². The van der Waals surface area contributed by atoms with Gasteiger partial charge in [0.05, 0.1) is 18.6 Å². The van der Waals surface area contributed by atoms with Gasteiger partial charge in [0, 0.05) is 25.7 Å². The molecule has 2 N–H and O–H groups in total. The number of amides is 1. The van der Waals surface area contributed by atoms with Crippen molar-refractivity contribution < 1.29 is 9.59 Å². The van der Waals surface area contributed by atoms with Gasteiger partial charge >= 0.3 is 0 Å². The molecule has 170 valence electrons. The summed E-state index contributed by atoms with van der Waals surface area (Å²) in [7, 11) is 0. The van der Waals surface area contributed by atoms with E-state index in [9.17, 15) is 9.59 Å². The molecular formula is C26H34N4O2. The minimum Gasteiger partial charge on any atom is -0.331 e. The van der Waals surface area contributed by atoms with Gasteiger partial charge in [0.1, 0.15) is 5.78 Å². The van der Waals surface area contributed by atoms with E-state index in [4.69, 9.17) is 0 Å². The quantitative estimate of drug-likeness (QED) is 0.701. The summed E-state index contributed by atoms with van der Waals surface area (Å²) in [5.74, 6) is 0.145. The van der Waals surface area contributed by atoms with Crippen LogP contribution in [0.15, 0.2) is 60.7 Å². The van der Waals surface area contributed by atoms with E-state index in [0.717, 1.165) is 38.0 Å². The number of nitrogens with one attached hydrogen (secondary N) is 2. The summed E-state index contributed by atoms with van der Waals surface area (Å²) < 4.78 is 0. The molecule has 2 fully saturated rings. The van der Waals surface area contributed by atoms with Crippen molar-refractivity contribution in [2.75, 3.05) is 32.7 Å². The van der Waals surface area contributed by atoms with Gasteiger partial charge in [-0.2, -0.15) is 0 Å². The first-order chi connectivity index (χ1) is 15.6. The van der Waals surface area contributed by atoms with Crippen LogP contribution in [0, 0.1) is 0 Å². The first-order valence-electron chi connectivity index (χ1n) is 11.7. The third kappa shape index (κ3) is 5.82. The number of piperidine rings is 1. The highest BCUT2D eigenvalue weighted by Gasteiger charge is 2.34. The molecule has 2 atom stereocenters. The average Bonchev–Trinajstić information content (AvgIpc) is 2.84. The molecule has 2 unspecified atom stereocenters. The van der Waals surface area contributed by atoms with Crippen LogP contribution >= 0.6 is 0 Å². The molecule has 2 aromatic rings. The molecule has 1 amide bonds. The third-order valence-corrected chi connectivity index (χ3v) is 6.69. The summed E-state index contributed by atoms with van der Waals surface area (Å²) in [5.41, 5.74) is 2.45. The number of carbonyl (C=O) groups is 2. The minimum atomic E-state index is -0.292. The Kier molecular flexibility index (Phi) is 7.68. The molecule has 0 saturated carbocycles. The normalized spacial score (nSPS) is 22.6. The summed E-state index contributed by atoms with van der Waals surface area (Å²) in [6.07, 6.45) is 2.08. The molecule has 0 aromatic heterocycles. The standard InChI is InChI=1S/C26H34N4O2/c1-20(31)24-19-30(25(16-28-24)22-10-6-3-7-11-22)26(32)17-27-23-12-14-29(15-13-23)18-21-8-4-2-5-9-21/h2-11,23-25,27-28H,12-19H2,1H3. The zero-order valence-electron chi connectivity index (χ0n) is 18.9. The van der Waals surface area contributed by atoms with Crippen LogP contribution in [0.1, 0.15) is 36.9 Å². The molecule has 4 rings (SSSR count). The van der Waals surface area contributed by atoms with Crippen molar-refractivity contribution in [3.05, 3.63) is 71.8 Å². The Labute approximate surface area is 191 Å². The zero-order chi connectivity index (χ0) is 22.3. The van der Waals surface area contributed by atoms with Gasteiger partial charge in [-0.15, -0.1) is 0 Å². The maximum absolute atomic E-state index is 13.2. The van der Waals surface area contributed by atoms with Crippen molar-refractivity contribution in [3.63, 3.8) is 0 Å². The molecule has 6 nitrogen and oxygen atoms in total. The minimum absolute atomic E-state index is 0.0474. The van der Waals surface area contributed by atoms with Gasteiger partial charge in [-0.25, -0.2) is 0 Å². The lowest BCUT2D eigenvalue weighted by Gasteiger charge is -2.40.